The molecule has 2 aliphatic rings. The molecule has 0 aliphatic carbocycles. The zero-order valence-electron chi connectivity index (χ0n) is 27.2. The number of anilines is 1. The fourth-order valence-electron chi connectivity index (χ4n) is 6.05. The van der Waals surface area contributed by atoms with Crippen LogP contribution in [0.25, 0.3) is 6.08 Å². The van der Waals surface area contributed by atoms with E-state index in [1.54, 1.807) is 43.0 Å². The Balaban J connectivity index is 1.52. The zero-order chi connectivity index (χ0) is 36.0. The number of allylic oxidation sites excluding steroid dienone is 1. The van der Waals surface area contributed by atoms with Crippen molar-refractivity contribution in [3.8, 4) is 5.75 Å². The summed E-state index contributed by atoms with van der Waals surface area (Å²) in [6.07, 6.45) is -9.36. The first-order valence-corrected chi connectivity index (χ1v) is 15.3. The van der Waals surface area contributed by atoms with E-state index < -0.39 is 65.5 Å². The second-order valence-electron chi connectivity index (χ2n) is 12.5. The van der Waals surface area contributed by atoms with Crippen molar-refractivity contribution in [2.45, 2.75) is 83.2 Å². The van der Waals surface area contributed by atoms with Gasteiger partial charge in [0.15, 0.2) is 0 Å². The lowest BCUT2D eigenvalue weighted by atomic mass is 9.89. The number of alkyl halides is 6. The summed E-state index contributed by atoms with van der Waals surface area (Å²) in [6.45, 7) is 9.89. The third-order valence-electron chi connectivity index (χ3n) is 8.60. The first-order chi connectivity index (χ1) is 22.1. The molecule has 3 atom stereocenters. The topological polar surface area (TPSA) is 102 Å². The zero-order valence-corrected chi connectivity index (χ0v) is 27.2. The Hall–Kier alpha value is -4.27. The predicted molar refractivity (Wildman–Crippen MR) is 165 cm³/mol. The first-order valence-electron chi connectivity index (χ1n) is 15.3. The number of piperazine rings is 1. The van der Waals surface area contributed by atoms with Crippen molar-refractivity contribution in [2.75, 3.05) is 24.5 Å². The Bertz CT molecular complexity index is 1560. The number of nitrogens with one attached hydrogen (secondary N) is 1. The molecule has 0 radical (unpaired) electrons. The SMILES string of the molecule is C/C=C\c1cc(C(O)(C(F)(F)F)C(F)(F)F)ccc1N1C[C@@H](C)N(C(=O)CN2C(=O)NC(C)(c3ccc(OC(C)C)cc3)C2=O)CC1C. The number of aliphatic hydroxyl groups is 1. The van der Waals surface area contributed by atoms with Gasteiger partial charge in [0.1, 0.15) is 17.8 Å². The molecule has 2 aliphatic heterocycles. The lowest BCUT2D eigenvalue weighted by molar-refractivity contribution is -0.376. The Morgan fingerprint density at radius 1 is 1.02 bits per heavy atom. The summed E-state index contributed by atoms with van der Waals surface area (Å²) in [6, 6.07) is 7.25. The van der Waals surface area contributed by atoms with Crippen LogP contribution in [0.4, 0.5) is 36.8 Å². The number of urea groups is 1. The third kappa shape index (κ3) is 6.56. The molecule has 9 nitrogen and oxygen atoms in total. The van der Waals surface area contributed by atoms with E-state index in [2.05, 4.69) is 5.32 Å². The molecule has 2 fully saturated rings. The Morgan fingerprint density at radius 2 is 1.62 bits per heavy atom. The fourth-order valence-corrected chi connectivity index (χ4v) is 6.05. The Morgan fingerprint density at radius 3 is 2.17 bits per heavy atom. The predicted octanol–water partition coefficient (Wildman–Crippen LogP) is 5.71. The number of carbonyl (C=O) groups excluding carboxylic acids is 3. The van der Waals surface area contributed by atoms with Gasteiger partial charge in [0.2, 0.25) is 5.91 Å². The highest BCUT2D eigenvalue weighted by Crippen LogP contribution is 2.50. The summed E-state index contributed by atoms with van der Waals surface area (Å²) in [5.74, 6) is -0.556. The standard InChI is InChI=1S/C33H38F6N4O5/c1-7-8-22-15-24(31(47,32(34,35)36)33(37,38)39)11-14-26(22)41-16-21(5)42(17-20(41)4)27(44)18-43-28(45)30(6,40-29(43)46)23-9-12-25(13-10-23)48-19(2)3/h7-15,19-21,47H,16-18H2,1-6H3,(H,40,46)/b8-7-/t20?,21-,30?/m1/s1. The maximum atomic E-state index is 13.6. The van der Waals surface area contributed by atoms with Gasteiger partial charge in [-0.05, 0) is 76.9 Å². The number of nitrogens with zero attached hydrogens (tertiary/aromatic N) is 3. The molecule has 4 amide bonds. The van der Waals surface area contributed by atoms with Crippen LogP contribution < -0.4 is 15.0 Å². The molecular formula is C33H38F6N4O5. The summed E-state index contributed by atoms with van der Waals surface area (Å²) < 4.78 is 87.1. The quantitative estimate of drug-likeness (QED) is 0.273. The molecule has 0 bridgehead atoms. The minimum atomic E-state index is -6.04. The molecule has 2 aromatic rings. The van der Waals surface area contributed by atoms with Gasteiger partial charge in [-0.15, -0.1) is 0 Å². The maximum Gasteiger partial charge on any atom is 0.430 e. The summed E-state index contributed by atoms with van der Waals surface area (Å²) in [4.78, 5) is 44.0. The second-order valence-corrected chi connectivity index (χ2v) is 12.5. The van der Waals surface area contributed by atoms with Gasteiger partial charge in [-0.25, -0.2) is 4.79 Å². The first kappa shape index (κ1) is 36.6. The minimum Gasteiger partial charge on any atom is -0.491 e. The number of imide groups is 1. The van der Waals surface area contributed by atoms with Gasteiger partial charge in [0.05, 0.1) is 6.10 Å². The van der Waals surface area contributed by atoms with Gasteiger partial charge in [0.25, 0.3) is 11.5 Å². The van der Waals surface area contributed by atoms with Crippen LogP contribution in [0.2, 0.25) is 0 Å². The average molecular weight is 685 g/mol. The molecular weight excluding hydrogens is 646 g/mol. The molecule has 4 rings (SSSR count). The maximum absolute atomic E-state index is 13.6. The third-order valence-corrected chi connectivity index (χ3v) is 8.60. The molecule has 2 saturated heterocycles. The molecule has 0 spiro atoms. The number of amides is 4. The average Bonchev–Trinajstić information content (AvgIpc) is 3.20. The largest absolute Gasteiger partial charge is 0.491 e. The number of benzene rings is 2. The van der Waals surface area contributed by atoms with E-state index in [9.17, 15) is 45.8 Å². The number of ether oxygens (including phenoxy) is 1. The van der Waals surface area contributed by atoms with E-state index in [1.807, 2.05) is 13.8 Å². The van der Waals surface area contributed by atoms with Gasteiger partial charge in [-0.3, -0.25) is 14.5 Å². The fraction of sp³-hybridized carbons (Fsp3) is 0.485. The van der Waals surface area contributed by atoms with Crippen molar-refractivity contribution < 1.29 is 50.6 Å². The summed E-state index contributed by atoms with van der Waals surface area (Å²) in [5.41, 5.74) is -7.10. The molecule has 262 valence electrons. The Kier molecular flexibility index (Phi) is 9.88. The van der Waals surface area contributed by atoms with Crippen LogP contribution in [-0.4, -0.2) is 82.9 Å². The van der Waals surface area contributed by atoms with Gasteiger partial charge in [0, 0.05) is 36.4 Å². The van der Waals surface area contributed by atoms with Gasteiger partial charge in [-0.1, -0.05) is 30.4 Å². The van der Waals surface area contributed by atoms with E-state index in [4.69, 9.17) is 4.74 Å². The van der Waals surface area contributed by atoms with E-state index in [0.717, 1.165) is 11.0 Å². The highest BCUT2D eigenvalue weighted by Gasteiger charge is 2.71. The number of carbonyl (C=O) groups is 3. The molecule has 0 aromatic heterocycles. The lowest BCUT2D eigenvalue weighted by Crippen LogP contribution is -2.60. The van der Waals surface area contributed by atoms with E-state index in [1.165, 1.54) is 30.9 Å². The van der Waals surface area contributed by atoms with Crippen molar-refractivity contribution in [1.82, 2.24) is 15.1 Å². The van der Waals surface area contributed by atoms with Gasteiger partial charge in [-0.2, -0.15) is 26.3 Å². The number of hydrogen-bond donors (Lipinski definition) is 2. The normalized spacial score (nSPS) is 22.6. The van der Waals surface area contributed by atoms with Crippen LogP contribution >= 0.6 is 0 Å². The van der Waals surface area contributed by atoms with Crippen molar-refractivity contribution in [3.05, 3.63) is 65.2 Å². The number of rotatable bonds is 8. The summed E-state index contributed by atoms with van der Waals surface area (Å²) >= 11 is 0. The molecule has 2 aromatic carbocycles. The smallest absolute Gasteiger partial charge is 0.430 e. The van der Waals surface area contributed by atoms with Crippen molar-refractivity contribution >= 4 is 29.6 Å². The highest BCUT2D eigenvalue weighted by molar-refractivity contribution is 6.09. The second kappa shape index (κ2) is 13.0. The van der Waals surface area contributed by atoms with Crippen molar-refractivity contribution in [2.24, 2.45) is 0 Å². The van der Waals surface area contributed by atoms with Crippen molar-refractivity contribution in [3.63, 3.8) is 0 Å². The molecule has 2 heterocycles. The summed E-state index contributed by atoms with van der Waals surface area (Å²) in [5, 5.41) is 12.6. The molecule has 15 heteroatoms. The molecule has 48 heavy (non-hydrogen) atoms. The summed E-state index contributed by atoms with van der Waals surface area (Å²) in [7, 11) is 0. The highest BCUT2D eigenvalue weighted by atomic mass is 19.4. The number of halogens is 6. The lowest BCUT2D eigenvalue weighted by Gasteiger charge is -2.46. The monoisotopic (exact) mass is 684 g/mol. The molecule has 2 N–H and O–H groups in total. The molecule has 2 unspecified atom stereocenters. The van der Waals surface area contributed by atoms with Gasteiger partial charge >= 0.3 is 18.4 Å². The minimum absolute atomic E-state index is 0.00294. The van der Waals surface area contributed by atoms with Crippen molar-refractivity contribution in [1.29, 1.82) is 0 Å². The van der Waals surface area contributed by atoms with E-state index >= 15 is 0 Å². The Labute approximate surface area is 274 Å². The molecule has 0 saturated carbocycles. The van der Waals surface area contributed by atoms with Gasteiger partial charge < -0.3 is 25.0 Å². The van der Waals surface area contributed by atoms with Crippen LogP contribution in [0.15, 0.2) is 48.5 Å². The van der Waals surface area contributed by atoms with Crippen LogP contribution in [0.3, 0.4) is 0 Å². The van der Waals surface area contributed by atoms with Crippen LogP contribution in [-0.2, 0) is 20.7 Å². The van der Waals surface area contributed by atoms with Crippen LogP contribution in [0.5, 0.6) is 5.75 Å². The van der Waals surface area contributed by atoms with E-state index in [0.29, 0.717) is 29.1 Å². The van der Waals surface area contributed by atoms with Crippen LogP contribution in [0, 0.1) is 0 Å². The number of hydrogen-bond acceptors (Lipinski definition) is 6. The van der Waals surface area contributed by atoms with Crippen LogP contribution in [0.1, 0.15) is 58.2 Å². The van der Waals surface area contributed by atoms with E-state index in [-0.39, 0.29) is 24.8 Å².